The minimum absolute atomic E-state index is 0.0888. The molecule has 0 aliphatic carbocycles. The van der Waals surface area contributed by atoms with Gasteiger partial charge in [-0.15, -0.1) is 0 Å². The molecule has 2 aromatic carbocycles. The molecule has 1 unspecified atom stereocenters. The number of nitrogens with one attached hydrogen (secondary N) is 2. The number of rotatable bonds is 9. The van der Waals surface area contributed by atoms with E-state index in [4.69, 9.17) is 0 Å². The number of carbonyl (C=O) groups is 2. The number of aromatic nitrogens is 2. The van der Waals surface area contributed by atoms with Crippen LogP contribution in [0.25, 0.3) is 16.9 Å². The smallest absolute Gasteiger partial charge is 0.253 e. The van der Waals surface area contributed by atoms with E-state index in [1.807, 2.05) is 64.0 Å². The lowest BCUT2D eigenvalue weighted by Crippen LogP contribution is -2.51. The van der Waals surface area contributed by atoms with Crippen molar-refractivity contribution >= 4 is 29.3 Å². The summed E-state index contributed by atoms with van der Waals surface area (Å²) in [5.41, 5.74) is 6.34. The number of anilines is 2. The number of hydrogen-bond donors (Lipinski definition) is 2. The van der Waals surface area contributed by atoms with Crippen LogP contribution in [0.2, 0.25) is 0 Å². The molecule has 38 heavy (non-hydrogen) atoms. The highest BCUT2D eigenvalue weighted by Crippen LogP contribution is 2.28. The largest absolute Gasteiger partial charge is 0.355 e. The maximum Gasteiger partial charge on any atom is 0.253 e. The Balaban J connectivity index is 1.29. The predicted octanol–water partition coefficient (Wildman–Crippen LogP) is 4.55. The zero-order chi connectivity index (χ0) is 26.5. The van der Waals surface area contributed by atoms with Crippen LogP contribution in [0, 0.1) is 0 Å². The first-order valence-corrected chi connectivity index (χ1v) is 13.2. The lowest BCUT2D eigenvalue weighted by molar-refractivity contribution is -0.109. The van der Waals surface area contributed by atoms with Gasteiger partial charge in [0.25, 0.3) is 5.91 Å². The number of nitrogens with zero attached hydrogens (tertiary/aromatic N) is 4. The number of benzene rings is 2. The summed E-state index contributed by atoms with van der Waals surface area (Å²) in [6.07, 6.45) is 5.56. The second-order valence-electron chi connectivity index (χ2n) is 9.74. The van der Waals surface area contributed by atoms with E-state index in [9.17, 15) is 9.59 Å². The second kappa shape index (κ2) is 11.5. The van der Waals surface area contributed by atoms with Crippen LogP contribution in [-0.2, 0) is 11.3 Å². The van der Waals surface area contributed by atoms with Crippen molar-refractivity contribution in [3.05, 3.63) is 84.2 Å². The average molecular weight is 511 g/mol. The third-order valence-corrected chi connectivity index (χ3v) is 7.39. The summed E-state index contributed by atoms with van der Waals surface area (Å²) in [6.45, 7) is 8.33. The van der Waals surface area contributed by atoms with Crippen molar-refractivity contribution in [3.8, 4) is 11.3 Å². The highest BCUT2D eigenvalue weighted by Gasteiger charge is 2.24. The molecule has 8 nitrogen and oxygen atoms in total. The monoisotopic (exact) mass is 510 g/mol. The van der Waals surface area contributed by atoms with Gasteiger partial charge in [-0.2, -0.15) is 0 Å². The van der Waals surface area contributed by atoms with Crippen molar-refractivity contribution in [1.82, 2.24) is 24.5 Å². The van der Waals surface area contributed by atoms with Gasteiger partial charge in [0, 0.05) is 62.4 Å². The first kappa shape index (κ1) is 25.5. The van der Waals surface area contributed by atoms with Gasteiger partial charge in [0.2, 0.25) is 6.41 Å². The van der Waals surface area contributed by atoms with E-state index in [0.717, 1.165) is 66.4 Å². The Morgan fingerprint density at radius 2 is 1.84 bits per heavy atom. The van der Waals surface area contributed by atoms with Gasteiger partial charge in [0.05, 0.1) is 11.4 Å². The topological polar surface area (TPSA) is 82.0 Å². The van der Waals surface area contributed by atoms with Crippen LogP contribution in [0.1, 0.15) is 36.2 Å². The molecule has 1 fully saturated rings. The summed E-state index contributed by atoms with van der Waals surface area (Å²) >= 11 is 0. The lowest BCUT2D eigenvalue weighted by Gasteiger charge is -2.37. The van der Waals surface area contributed by atoms with E-state index < -0.39 is 0 Å². The fraction of sp³-hybridized carbons (Fsp3) is 0.300. The van der Waals surface area contributed by atoms with Gasteiger partial charge in [-0.1, -0.05) is 25.1 Å². The molecular formula is C30H34N6O2. The summed E-state index contributed by atoms with van der Waals surface area (Å²) in [5, 5.41) is 6.17. The number of piperazine rings is 1. The van der Waals surface area contributed by atoms with Gasteiger partial charge in [0.1, 0.15) is 0 Å². The van der Waals surface area contributed by atoms with E-state index in [1.54, 1.807) is 6.20 Å². The zero-order valence-electron chi connectivity index (χ0n) is 21.9. The Morgan fingerprint density at radius 1 is 1.05 bits per heavy atom. The van der Waals surface area contributed by atoms with Gasteiger partial charge in [0.15, 0.2) is 5.65 Å². The Labute approximate surface area is 223 Å². The summed E-state index contributed by atoms with van der Waals surface area (Å²) in [7, 11) is 0. The molecule has 1 atom stereocenters. The van der Waals surface area contributed by atoms with E-state index in [-0.39, 0.29) is 5.91 Å². The van der Waals surface area contributed by atoms with Crippen LogP contribution < -0.4 is 10.6 Å². The van der Waals surface area contributed by atoms with Gasteiger partial charge in [-0.3, -0.25) is 18.9 Å². The average Bonchev–Trinajstić information content (AvgIpc) is 3.47. The maximum atomic E-state index is 13.1. The van der Waals surface area contributed by atoms with E-state index >= 15 is 0 Å². The molecule has 0 radical (unpaired) electrons. The van der Waals surface area contributed by atoms with Crippen LogP contribution in [-0.4, -0.2) is 63.7 Å². The number of hydrogen-bond acceptors (Lipinski definition) is 5. The Bertz CT molecular complexity index is 1410. The normalized spacial score (nSPS) is 14.8. The third kappa shape index (κ3) is 5.40. The predicted molar refractivity (Wildman–Crippen MR) is 150 cm³/mol. The first-order valence-electron chi connectivity index (χ1n) is 13.2. The molecule has 0 spiro atoms. The molecule has 2 amide bonds. The summed E-state index contributed by atoms with van der Waals surface area (Å²) in [4.78, 5) is 32.7. The Morgan fingerprint density at radius 3 is 2.58 bits per heavy atom. The highest BCUT2D eigenvalue weighted by molar-refractivity contribution is 5.94. The van der Waals surface area contributed by atoms with Crippen molar-refractivity contribution in [2.45, 2.75) is 32.9 Å². The molecule has 2 aromatic heterocycles. The van der Waals surface area contributed by atoms with Crippen molar-refractivity contribution in [1.29, 1.82) is 0 Å². The fourth-order valence-corrected chi connectivity index (χ4v) is 5.01. The molecule has 1 saturated heterocycles. The molecule has 0 bridgehead atoms. The second-order valence-corrected chi connectivity index (χ2v) is 9.74. The molecule has 0 saturated carbocycles. The number of fused-ring (bicyclic) bond motifs is 1. The summed E-state index contributed by atoms with van der Waals surface area (Å²) in [6, 6.07) is 20.4. The molecule has 3 heterocycles. The molecular weight excluding hydrogens is 476 g/mol. The van der Waals surface area contributed by atoms with E-state index in [1.165, 1.54) is 0 Å². The third-order valence-electron chi connectivity index (χ3n) is 7.39. The van der Waals surface area contributed by atoms with Gasteiger partial charge < -0.3 is 15.5 Å². The Kier molecular flexibility index (Phi) is 7.70. The summed E-state index contributed by atoms with van der Waals surface area (Å²) < 4.78 is 2.05. The number of imidazole rings is 1. The SMILES string of the molecule is CCC(C)N1CCN(C(=O)c2ccc(Nc3ccc(-c4cccc(CNC=O)c4)n4ccnc34)cc2)CC1. The van der Waals surface area contributed by atoms with Crippen LogP contribution in [0.5, 0.6) is 0 Å². The molecule has 1 aliphatic heterocycles. The molecule has 8 heteroatoms. The van der Waals surface area contributed by atoms with Crippen molar-refractivity contribution in [2.24, 2.45) is 0 Å². The van der Waals surface area contributed by atoms with Crippen molar-refractivity contribution in [3.63, 3.8) is 0 Å². The minimum Gasteiger partial charge on any atom is -0.355 e. The standard InChI is InChI=1S/C30H34N6O2/c1-3-22(2)34-15-17-35(18-16-34)30(38)24-7-9-26(10-8-24)33-27-11-12-28(36-14-13-32-29(27)36)25-6-4-5-23(19-25)20-31-21-37/h4-14,19,21-22,33H,3,15-18,20H2,1-2H3,(H,31,37). The van der Waals surface area contributed by atoms with Gasteiger partial charge >= 0.3 is 0 Å². The molecule has 4 aromatic rings. The molecule has 5 rings (SSSR count). The summed E-state index contributed by atoms with van der Waals surface area (Å²) in [5.74, 6) is 0.0888. The van der Waals surface area contributed by atoms with Crippen LogP contribution in [0.3, 0.4) is 0 Å². The van der Waals surface area contributed by atoms with E-state index in [0.29, 0.717) is 24.6 Å². The molecule has 2 N–H and O–H groups in total. The molecule has 1 aliphatic rings. The number of pyridine rings is 1. The van der Waals surface area contributed by atoms with Crippen molar-refractivity contribution < 1.29 is 9.59 Å². The first-order chi connectivity index (χ1) is 18.6. The fourth-order valence-electron chi connectivity index (χ4n) is 5.01. The van der Waals surface area contributed by atoms with Crippen LogP contribution in [0.15, 0.2) is 73.1 Å². The van der Waals surface area contributed by atoms with Crippen LogP contribution in [0.4, 0.5) is 11.4 Å². The van der Waals surface area contributed by atoms with Crippen molar-refractivity contribution in [2.75, 3.05) is 31.5 Å². The highest BCUT2D eigenvalue weighted by atomic mass is 16.2. The van der Waals surface area contributed by atoms with Crippen LogP contribution >= 0.6 is 0 Å². The lowest BCUT2D eigenvalue weighted by atomic mass is 10.1. The Hall–Kier alpha value is -4.17. The maximum absolute atomic E-state index is 13.1. The number of amides is 2. The van der Waals surface area contributed by atoms with Gasteiger partial charge in [-0.25, -0.2) is 4.98 Å². The van der Waals surface area contributed by atoms with Gasteiger partial charge in [-0.05, 0) is 66.9 Å². The quantitative estimate of drug-likeness (QED) is 0.323. The molecule has 196 valence electrons. The minimum atomic E-state index is 0.0888. The zero-order valence-corrected chi connectivity index (χ0v) is 21.9. The number of carbonyl (C=O) groups excluding carboxylic acids is 2. The van der Waals surface area contributed by atoms with E-state index in [2.05, 4.69) is 46.5 Å².